The molecule has 2 heterocycles. The van der Waals surface area contributed by atoms with Crippen molar-refractivity contribution in [1.29, 1.82) is 0 Å². The van der Waals surface area contributed by atoms with E-state index >= 15 is 0 Å². The smallest absolute Gasteiger partial charge is 0.0685 e. The summed E-state index contributed by atoms with van der Waals surface area (Å²) in [6.07, 6.45) is 9.27. The molecule has 2 aliphatic rings. The van der Waals surface area contributed by atoms with Gasteiger partial charge in [-0.25, -0.2) is 0 Å². The van der Waals surface area contributed by atoms with Gasteiger partial charge in [-0.1, -0.05) is 33.8 Å². The van der Waals surface area contributed by atoms with E-state index in [0.29, 0.717) is 18.1 Å². The highest BCUT2D eigenvalue weighted by Crippen LogP contribution is 2.32. The third-order valence-electron chi connectivity index (χ3n) is 4.55. The van der Waals surface area contributed by atoms with Crippen molar-refractivity contribution < 1.29 is 9.47 Å². The molecule has 0 aromatic carbocycles. The van der Waals surface area contributed by atoms with Gasteiger partial charge in [0.15, 0.2) is 0 Å². The van der Waals surface area contributed by atoms with Crippen LogP contribution in [0.3, 0.4) is 0 Å². The van der Waals surface area contributed by atoms with Crippen LogP contribution in [0.4, 0.5) is 0 Å². The fourth-order valence-electron chi connectivity index (χ4n) is 3.08. The normalized spacial score (nSPS) is 30.8. The fourth-order valence-corrected chi connectivity index (χ4v) is 3.08. The lowest BCUT2D eigenvalue weighted by Gasteiger charge is -2.34. The van der Waals surface area contributed by atoms with Gasteiger partial charge in [-0.3, -0.25) is 0 Å². The maximum atomic E-state index is 6.05. The summed E-state index contributed by atoms with van der Waals surface area (Å²) in [5.41, 5.74) is 1.70. The second-order valence-electron chi connectivity index (χ2n) is 7.27. The highest BCUT2D eigenvalue weighted by atomic mass is 16.5. The maximum Gasteiger partial charge on any atom is 0.0685 e. The molecule has 0 aliphatic carbocycles. The van der Waals surface area contributed by atoms with E-state index in [2.05, 4.69) is 33.8 Å². The Morgan fingerprint density at radius 2 is 2.05 bits per heavy atom. The summed E-state index contributed by atoms with van der Waals surface area (Å²) in [6, 6.07) is 0. The van der Waals surface area contributed by atoms with Gasteiger partial charge in [-0.05, 0) is 49.0 Å². The van der Waals surface area contributed by atoms with Gasteiger partial charge >= 0.3 is 0 Å². The van der Waals surface area contributed by atoms with Crippen LogP contribution >= 0.6 is 0 Å². The molecule has 0 saturated carbocycles. The van der Waals surface area contributed by atoms with E-state index in [1.54, 1.807) is 0 Å². The minimum atomic E-state index is 0.253. The lowest BCUT2D eigenvalue weighted by Crippen LogP contribution is -2.31. The standard InChI is InChI=1S/C17H30O2/c1-13(16-7-5-6-10-18-16)11-15-9-8-14(12-19-15)17(2,3)4/h8,13,15-16H,5-7,9-12H2,1-4H3. The van der Waals surface area contributed by atoms with Crippen molar-refractivity contribution in [2.75, 3.05) is 13.2 Å². The topological polar surface area (TPSA) is 18.5 Å². The van der Waals surface area contributed by atoms with E-state index in [9.17, 15) is 0 Å². The van der Waals surface area contributed by atoms with Crippen LogP contribution in [0.25, 0.3) is 0 Å². The first-order valence-corrected chi connectivity index (χ1v) is 7.89. The largest absolute Gasteiger partial charge is 0.378 e. The van der Waals surface area contributed by atoms with Crippen LogP contribution in [0.15, 0.2) is 11.6 Å². The zero-order chi connectivity index (χ0) is 13.9. The highest BCUT2D eigenvalue weighted by molar-refractivity contribution is 5.14. The van der Waals surface area contributed by atoms with Crippen molar-refractivity contribution in [3.63, 3.8) is 0 Å². The van der Waals surface area contributed by atoms with Crippen molar-refractivity contribution in [3.05, 3.63) is 11.6 Å². The molecule has 3 unspecified atom stereocenters. The van der Waals surface area contributed by atoms with Crippen LogP contribution in [0.1, 0.15) is 59.8 Å². The van der Waals surface area contributed by atoms with Gasteiger partial charge in [0, 0.05) is 6.61 Å². The number of rotatable bonds is 3. The fraction of sp³-hybridized carbons (Fsp3) is 0.882. The summed E-state index contributed by atoms with van der Waals surface area (Å²) in [5.74, 6) is 0.620. The van der Waals surface area contributed by atoms with Crippen molar-refractivity contribution in [3.8, 4) is 0 Å². The predicted molar refractivity (Wildman–Crippen MR) is 79.3 cm³/mol. The average molecular weight is 266 g/mol. The van der Waals surface area contributed by atoms with Crippen LogP contribution < -0.4 is 0 Å². The Hall–Kier alpha value is -0.340. The predicted octanol–water partition coefficient (Wildman–Crippen LogP) is 4.34. The van der Waals surface area contributed by atoms with Gasteiger partial charge in [0.1, 0.15) is 0 Å². The minimum absolute atomic E-state index is 0.253. The van der Waals surface area contributed by atoms with E-state index in [4.69, 9.17) is 9.47 Å². The molecule has 0 amide bonds. The molecule has 1 saturated heterocycles. The van der Waals surface area contributed by atoms with Crippen LogP contribution in [0.5, 0.6) is 0 Å². The molecule has 0 bridgehead atoms. The Morgan fingerprint density at radius 1 is 1.26 bits per heavy atom. The molecule has 110 valence electrons. The van der Waals surface area contributed by atoms with Gasteiger partial charge in [-0.2, -0.15) is 0 Å². The number of hydrogen-bond donors (Lipinski definition) is 0. The quantitative estimate of drug-likeness (QED) is 0.707. The molecule has 0 N–H and O–H groups in total. The number of hydrogen-bond acceptors (Lipinski definition) is 2. The van der Waals surface area contributed by atoms with Gasteiger partial charge in [0.2, 0.25) is 0 Å². The Kier molecular flexibility index (Phi) is 5.08. The minimum Gasteiger partial charge on any atom is -0.378 e. The highest BCUT2D eigenvalue weighted by Gasteiger charge is 2.27. The third-order valence-corrected chi connectivity index (χ3v) is 4.55. The molecule has 19 heavy (non-hydrogen) atoms. The van der Waals surface area contributed by atoms with Crippen LogP contribution in [0.2, 0.25) is 0 Å². The van der Waals surface area contributed by atoms with Crippen molar-refractivity contribution in [2.45, 2.75) is 72.0 Å². The molecule has 2 aliphatic heterocycles. The number of ether oxygens (including phenoxy) is 2. The average Bonchev–Trinajstić information content (AvgIpc) is 2.39. The summed E-state index contributed by atoms with van der Waals surface area (Å²) < 4.78 is 11.9. The monoisotopic (exact) mass is 266 g/mol. The molecule has 1 fully saturated rings. The molecule has 0 spiro atoms. The van der Waals surface area contributed by atoms with Crippen LogP contribution in [-0.2, 0) is 9.47 Å². The van der Waals surface area contributed by atoms with Crippen LogP contribution in [0, 0.1) is 11.3 Å². The Labute approximate surface area is 118 Å². The summed E-state index contributed by atoms with van der Waals surface area (Å²) in [5, 5.41) is 0. The van der Waals surface area contributed by atoms with Gasteiger partial charge in [-0.15, -0.1) is 0 Å². The van der Waals surface area contributed by atoms with Gasteiger partial charge in [0.05, 0.1) is 18.8 Å². The van der Waals surface area contributed by atoms with Gasteiger partial charge < -0.3 is 9.47 Å². The van der Waals surface area contributed by atoms with Gasteiger partial charge in [0.25, 0.3) is 0 Å². The maximum absolute atomic E-state index is 6.05. The van der Waals surface area contributed by atoms with E-state index in [-0.39, 0.29) is 5.41 Å². The van der Waals surface area contributed by atoms with E-state index < -0.39 is 0 Å². The Morgan fingerprint density at radius 3 is 2.58 bits per heavy atom. The zero-order valence-corrected chi connectivity index (χ0v) is 13.1. The first-order chi connectivity index (χ1) is 8.97. The molecule has 0 aromatic heterocycles. The van der Waals surface area contributed by atoms with E-state index in [1.807, 2.05) is 0 Å². The van der Waals surface area contributed by atoms with Crippen molar-refractivity contribution >= 4 is 0 Å². The summed E-state index contributed by atoms with van der Waals surface area (Å²) in [7, 11) is 0. The van der Waals surface area contributed by atoms with Crippen molar-refractivity contribution in [1.82, 2.24) is 0 Å². The molecule has 3 atom stereocenters. The SMILES string of the molecule is CC(CC1CC=C(C(C)(C)C)CO1)C1CCCCO1. The molecule has 2 heteroatoms. The molecule has 0 radical (unpaired) electrons. The molecular weight excluding hydrogens is 236 g/mol. The summed E-state index contributed by atoms with van der Waals surface area (Å²) in [6.45, 7) is 10.9. The second kappa shape index (κ2) is 6.41. The zero-order valence-electron chi connectivity index (χ0n) is 13.1. The Bertz CT molecular complexity index is 308. The van der Waals surface area contributed by atoms with E-state index in [0.717, 1.165) is 26.1 Å². The molecule has 0 aromatic rings. The van der Waals surface area contributed by atoms with E-state index in [1.165, 1.54) is 24.8 Å². The second-order valence-corrected chi connectivity index (χ2v) is 7.27. The molecular formula is C17H30O2. The first-order valence-electron chi connectivity index (χ1n) is 7.89. The lowest BCUT2D eigenvalue weighted by atomic mass is 9.84. The molecule has 2 nitrogen and oxygen atoms in total. The lowest BCUT2D eigenvalue weighted by molar-refractivity contribution is -0.0392. The van der Waals surface area contributed by atoms with Crippen LogP contribution in [-0.4, -0.2) is 25.4 Å². The first kappa shape index (κ1) is 15.1. The van der Waals surface area contributed by atoms with Crippen molar-refractivity contribution in [2.24, 2.45) is 11.3 Å². The summed E-state index contributed by atoms with van der Waals surface area (Å²) >= 11 is 0. The molecule has 2 rings (SSSR count). The summed E-state index contributed by atoms with van der Waals surface area (Å²) in [4.78, 5) is 0. The third kappa shape index (κ3) is 4.32. The Balaban J connectivity index is 1.80.